The molecule has 2 heterocycles. The highest BCUT2D eigenvalue weighted by Gasteiger charge is 2.34. The van der Waals surface area contributed by atoms with Crippen LogP contribution in [-0.4, -0.2) is 47.6 Å². The number of amides is 1. The van der Waals surface area contributed by atoms with Gasteiger partial charge in [-0.15, -0.1) is 0 Å². The molecule has 0 spiro atoms. The average molecular weight is 420 g/mol. The van der Waals surface area contributed by atoms with Crippen LogP contribution in [0.5, 0.6) is 11.5 Å². The molecule has 160 valence electrons. The average Bonchev–Trinajstić information content (AvgIpc) is 2.77. The molecule has 1 N–H and O–H groups in total. The number of fused-ring (bicyclic) bond motifs is 2. The van der Waals surface area contributed by atoms with Gasteiger partial charge in [-0.3, -0.25) is 14.6 Å². The molecule has 1 aromatic heterocycles. The zero-order valence-electron chi connectivity index (χ0n) is 17.7. The summed E-state index contributed by atoms with van der Waals surface area (Å²) in [5, 5.41) is 10.5. The number of aliphatic carboxylic acids is 1. The first-order valence-electron chi connectivity index (χ1n) is 10.1. The fourth-order valence-electron chi connectivity index (χ4n) is 4.23. The molecule has 1 aliphatic heterocycles. The maximum atomic E-state index is 13.6. The highest BCUT2D eigenvalue weighted by atomic mass is 16.5. The zero-order chi connectivity index (χ0) is 22.1. The van der Waals surface area contributed by atoms with Crippen LogP contribution in [0.3, 0.4) is 0 Å². The standard InChI is InChI=1S/C24H24N2O5/c1-14-7-8-15-5-4-6-17(23(15)25-14)24(29)26-10-9-16-11-20(30-2)21(31-3)12-18(16)19(26)13-22(27)28/h4-8,11-12,19H,9-10,13H2,1-3H3,(H,27,28). The van der Waals surface area contributed by atoms with E-state index in [-0.39, 0.29) is 12.3 Å². The summed E-state index contributed by atoms with van der Waals surface area (Å²) in [6.45, 7) is 2.28. The van der Waals surface area contributed by atoms with Crippen molar-refractivity contribution in [2.45, 2.75) is 25.8 Å². The molecule has 31 heavy (non-hydrogen) atoms. The molecule has 2 aromatic carbocycles. The van der Waals surface area contributed by atoms with Gasteiger partial charge in [0.2, 0.25) is 0 Å². The molecule has 0 bridgehead atoms. The van der Waals surface area contributed by atoms with E-state index in [4.69, 9.17) is 9.47 Å². The summed E-state index contributed by atoms with van der Waals surface area (Å²) in [6.07, 6.45) is 0.389. The molecule has 1 atom stereocenters. The van der Waals surface area contributed by atoms with Gasteiger partial charge in [0.25, 0.3) is 5.91 Å². The first-order chi connectivity index (χ1) is 14.9. The van der Waals surface area contributed by atoms with Gasteiger partial charge in [-0.2, -0.15) is 0 Å². The van der Waals surface area contributed by atoms with Crippen LogP contribution in [-0.2, 0) is 11.2 Å². The van der Waals surface area contributed by atoms with Gasteiger partial charge in [0, 0.05) is 17.6 Å². The second kappa shape index (κ2) is 8.26. The van der Waals surface area contributed by atoms with Crippen LogP contribution < -0.4 is 9.47 Å². The number of para-hydroxylation sites is 1. The van der Waals surface area contributed by atoms with Gasteiger partial charge in [-0.1, -0.05) is 18.2 Å². The summed E-state index contributed by atoms with van der Waals surface area (Å²) in [5.74, 6) is -0.107. The Balaban J connectivity index is 1.81. The molecule has 0 aliphatic carbocycles. The fourth-order valence-corrected chi connectivity index (χ4v) is 4.23. The number of hydrogen-bond donors (Lipinski definition) is 1. The third-order valence-corrected chi connectivity index (χ3v) is 5.72. The lowest BCUT2D eigenvalue weighted by Gasteiger charge is -2.37. The lowest BCUT2D eigenvalue weighted by Crippen LogP contribution is -2.41. The minimum atomic E-state index is -0.975. The first-order valence-corrected chi connectivity index (χ1v) is 10.1. The molecule has 0 fully saturated rings. The minimum Gasteiger partial charge on any atom is -0.493 e. The Bertz CT molecular complexity index is 1170. The number of benzene rings is 2. The van der Waals surface area contributed by atoms with Crippen LogP contribution in [0.1, 0.15) is 39.6 Å². The van der Waals surface area contributed by atoms with E-state index in [1.807, 2.05) is 37.3 Å². The Morgan fingerprint density at radius 3 is 2.58 bits per heavy atom. The van der Waals surface area contributed by atoms with E-state index in [1.54, 1.807) is 24.1 Å². The third kappa shape index (κ3) is 3.79. The van der Waals surface area contributed by atoms with E-state index in [1.165, 1.54) is 7.11 Å². The largest absolute Gasteiger partial charge is 0.493 e. The first kappa shape index (κ1) is 20.7. The van der Waals surface area contributed by atoms with Crippen LogP contribution in [0.4, 0.5) is 0 Å². The molecule has 3 aromatic rings. The predicted molar refractivity (Wildman–Crippen MR) is 116 cm³/mol. The third-order valence-electron chi connectivity index (χ3n) is 5.72. The second-order valence-corrected chi connectivity index (χ2v) is 7.60. The van der Waals surface area contributed by atoms with Gasteiger partial charge in [-0.25, -0.2) is 0 Å². The van der Waals surface area contributed by atoms with Crippen molar-refractivity contribution in [3.05, 3.63) is 64.8 Å². The highest BCUT2D eigenvalue weighted by molar-refractivity contribution is 6.05. The van der Waals surface area contributed by atoms with Crippen LogP contribution in [0.15, 0.2) is 42.5 Å². The van der Waals surface area contributed by atoms with E-state index < -0.39 is 12.0 Å². The SMILES string of the molecule is COc1cc2c(cc1OC)C(CC(=O)O)N(C(=O)c1cccc3ccc(C)nc13)CC2. The van der Waals surface area contributed by atoms with Crippen molar-refractivity contribution in [1.29, 1.82) is 0 Å². The molecule has 0 saturated carbocycles. The molecule has 1 aliphatic rings. The fraction of sp³-hybridized carbons (Fsp3) is 0.292. The monoisotopic (exact) mass is 420 g/mol. The molecule has 7 heteroatoms. The lowest BCUT2D eigenvalue weighted by molar-refractivity contribution is -0.138. The Hall–Kier alpha value is -3.61. The molecule has 4 rings (SSSR count). The second-order valence-electron chi connectivity index (χ2n) is 7.60. The van der Waals surface area contributed by atoms with Crippen molar-refractivity contribution in [3.63, 3.8) is 0 Å². The van der Waals surface area contributed by atoms with Crippen LogP contribution in [0.2, 0.25) is 0 Å². The number of carbonyl (C=O) groups excluding carboxylic acids is 1. The quantitative estimate of drug-likeness (QED) is 0.676. The Morgan fingerprint density at radius 2 is 1.87 bits per heavy atom. The van der Waals surface area contributed by atoms with Crippen LogP contribution in [0, 0.1) is 6.92 Å². The minimum absolute atomic E-state index is 0.203. The number of pyridine rings is 1. The number of methoxy groups -OCH3 is 2. The normalized spacial score (nSPS) is 15.5. The number of ether oxygens (including phenoxy) is 2. The van der Waals surface area contributed by atoms with E-state index in [9.17, 15) is 14.7 Å². The summed E-state index contributed by atoms with van der Waals surface area (Å²) < 4.78 is 10.8. The summed E-state index contributed by atoms with van der Waals surface area (Å²) in [6, 6.07) is 12.4. The van der Waals surface area contributed by atoms with Gasteiger partial charge < -0.3 is 19.5 Å². The number of carbonyl (C=O) groups is 2. The molecular formula is C24H24N2O5. The number of carboxylic acid groups (broad SMARTS) is 1. The van der Waals surface area contributed by atoms with Gasteiger partial charge in [0.05, 0.1) is 37.8 Å². The molecule has 1 unspecified atom stereocenters. The molecule has 7 nitrogen and oxygen atoms in total. The maximum absolute atomic E-state index is 13.6. The van der Waals surface area contributed by atoms with E-state index >= 15 is 0 Å². The highest BCUT2D eigenvalue weighted by Crippen LogP contribution is 2.40. The Kier molecular flexibility index (Phi) is 5.50. The number of rotatable bonds is 5. The van der Waals surface area contributed by atoms with E-state index in [0.717, 1.165) is 22.2 Å². The lowest BCUT2D eigenvalue weighted by atomic mass is 9.89. The van der Waals surface area contributed by atoms with E-state index in [2.05, 4.69) is 4.98 Å². The van der Waals surface area contributed by atoms with Gasteiger partial charge in [0.15, 0.2) is 11.5 Å². The summed E-state index contributed by atoms with van der Waals surface area (Å²) >= 11 is 0. The number of carboxylic acids is 1. The molecule has 0 radical (unpaired) electrons. The van der Waals surface area contributed by atoms with E-state index in [0.29, 0.717) is 35.5 Å². The summed E-state index contributed by atoms with van der Waals surface area (Å²) in [5.41, 5.74) is 3.64. The summed E-state index contributed by atoms with van der Waals surface area (Å²) in [7, 11) is 3.10. The van der Waals surface area contributed by atoms with Gasteiger partial charge >= 0.3 is 5.97 Å². The number of hydrogen-bond acceptors (Lipinski definition) is 5. The van der Waals surface area contributed by atoms with Crippen molar-refractivity contribution in [3.8, 4) is 11.5 Å². The van der Waals surface area contributed by atoms with Crippen LogP contribution >= 0.6 is 0 Å². The topological polar surface area (TPSA) is 89.0 Å². The van der Waals surface area contributed by atoms with Crippen molar-refractivity contribution < 1.29 is 24.2 Å². The maximum Gasteiger partial charge on any atom is 0.305 e. The van der Waals surface area contributed by atoms with Crippen molar-refractivity contribution in [1.82, 2.24) is 9.88 Å². The Labute approximate surface area is 180 Å². The van der Waals surface area contributed by atoms with Gasteiger partial charge in [-0.05, 0) is 48.7 Å². The zero-order valence-corrected chi connectivity index (χ0v) is 17.7. The van der Waals surface area contributed by atoms with Crippen LogP contribution in [0.25, 0.3) is 10.9 Å². The summed E-state index contributed by atoms with van der Waals surface area (Å²) in [4.78, 5) is 31.6. The smallest absolute Gasteiger partial charge is 0.305 e. The number of nitrogens with zero attached hydrogens (tertiary/aromatic N) is 2. The molecule has 0 saturated heterocycles. The number of aryl methyl sites for hydroxylation is 1. The molecule has 1 amide bonds. The molecular weight excluding hydrogens is 396 g/mol. The number of aromatic nitrogens is 1. The Morgan fingerprint density at radius 1 is 1.13 bits per heavy atom. The van der Waals surface area contributed by atoms with Crippen molar-refractivity contribution in [2.75, 3.05) is 20.8 Å². The van der Waals surface area contributed by atoms with Crippen molar-refractivity contribution in [2.24, 2.45) is 0 Å². The predicted octanol–water partition coefficient (Wildman–Crippen LogP) is 3.77. The van der Waals surface area contributed by atoms with Gasteiger partial charge in [0.1, 0.15) is 0 Å². The van der Waals surface area contributed by atoms with Crippen molar-refractivity contribution >= 4 is 22.8 Å².